The highest BCUT2D eigenvalue weighted by molar-refractivity contribution is 8.00. The Morgan fingerprint density at radius 3 is 2.48 bits per heavy atom. The lowest BCUT2D eigenvalue weighted by Crippen LogP contribution is -2.31. The van der Waals surface area contributed by atoms with Crippen LogP contribution in [0.15, 0.2) is 76.6 Å². The number of nitrogens with zero attached hydrogens (tertiary/aromatic N) is 3. The van der Waals surface area contributed by atoms with Gasteiger partial charge in [-0.25, -0.2) is 4.90 Å². The third-order valence-electron chi connectivity index (χ3n) is 4.83. The van der Waals surface area contributed by atoms with E-state index >= 15 is 0 Å². The third kappa shape index (κ3) is 5.24. The van der Waals surface area contributed by atoms with Gasteiger partial charge in [0.15, 0.2) is 0 Å². The number of amides is 2. The normalized spacial score (nSPS) is 16.1. The number of halogens is 2. The molecule has 0 spiro atoms. The van der Waals surface area contributed by atoms with Crippen molar-refractivity contribution in [2.75, 3.05) is 4.90 Å². The first-order chi connectivity index (χ1) is 15.8. The first kappa shape index (κ1) is 23.0. The molecule has 4 rings (SSSR count). The number of benzene rings is 3. The summed E-state index contributed by atoms with van der Waals surface area (Å²) in [6.07, 6.45) is 1.67. The standard InChI is InChI=1S/C23H15Cl2N3O4S/c24-19-9-8-17(11-20(19)25)27-22(29)12-21(23(27)30)33-18-3-1-2-15(10-18)26-13-14-4-6-16(7-5-14)28(31)32/h1-11,13,21H,12H2. The second-order valence-electron chi connectivity index (χ2n) is 7.08. The Kier molecular flexibility index (Phi) is 6.78. The summed E-state index contributed by atoms with van der Waals surface area (Å²) in [6.45, 7) is 0. The van der Waals surface area contributed by atoms with Crippen LogP contribution in [0.2, 0.25) is 10.0 Å². The lowest BCUT2D eigenvalue weighted by molar-refractivity contribution is -0.384. The summed E-state index contributed by atoms with van der Waals surface area (Å²) in [5, 5.41) is 10.8. The van der Waals surface area contributed by atoms with Gasteiger partial charge < -0.3 is 0 Å². The van der Waals surface area contributed by atoms with Gasteiger partial charge in [-0.1, -0.05) is 29.3 Å². The molecule has 1 fully saturated rings. The minimum Gasteiger partial charge on any atom is -0.274 e. The van der Waals surface area contributed by atoms with Gasteiger partial charge in [-0.2, -0.15) is 0 Å². The van der Waals surface area contributed by atoms with Gasteiger partial charge >= 0.3 is 0 Å². The second kappa shape index (κ2) is 9.74. The number of non-ortho nitro benzene ring substituents is 1. The summed E-state index contributed by atoms with van der Waals surface area (Å²) >= 11 is 13.3. The summed E-state index contributed by atoms with van der Waals surface area (Å²) < 4.78 is 0. The van der Waals surface area contributed by atoms with E-state index in [4.69, 9.17) is 23.2 Å². The predicted octanol–water partition coefficient (Wildman–Crippen LogP) is 6.08. The van der Waals surface area contributed by atoms with Crippen LogP contribution in [-0.2, 0) is 9.59 Å². The molecule has 1 aliphatic heterocycles. The van der Waals surface area contributed by atoms with Crippen LogP contribution in [0.3, 0.4) is 0 Å². The molecule has 1 heterocycles. The molecule has 0 radical (unpaired) electrons. The van der Waals surface area contributed by atoms with Gasteiger partial charge in [0.05, 0.1) is 31.6 Å². The van der Waals surface area contributed by atoms with Gasteiger partial charge in [-0.3, -0.25) is 24.7 Å². The number of thioether (sulfide) groups is 1. The Balaban J connectivity index is 1.47. The van der Waals surface area contributed by atoms with Crippen LogP contribution < -0.4 is 4.90 Å². The molecule has 0 saturated carbocycles. The van der Waals surface area contributed by atoms with E-state index < -0.39 is 10.2 Å². The largest absolute Gasteiger partial charge is 0.274 e. The van der Waals surface area contributed by atoms with Gasteiger partial charge in [0.2, 0.25) is 11.8 Å². The number of carbonyl (C=O) groups is 2. The summed E-state index contributed by atoms with van der Waals surface area (Å²) in [6, 6.07) is 17.9. The number of aliphatic imine (C=N–C) groups is 1. The van der Waals surface area contributed by atoms with Crippen LogP contribution in [0, 0.1) is 10.1 Å². The zero-order chi connectivity index (χ0) is 23.5. The first-order valence-corrected chi connectivity index (χ1v) is 11.3. The second-order valence-corrected chi connectivity index (χ2v) is 9.17. The molecule has 2 amide bonds. The summed E-state index contributed by atoms with van der Waals surface area (Å²) in [5.74, 6) is -0.619. The van der Waals surface area contributed by atoms with Crippen LogP contribution in [0.5, 0.6) is 0 Å². The molecule has 1 saturated heterocycles. The molecule has 7 nitrogen and oxygen atoms in total. The van der Waals surface area contributed by atoms with E-state index in [0.29, 0.717) is 22.0 Å². The Hall–Kier alpha value is -3.20. The summed E-state index contributed by atoms with van der Waals surface area (Å²) in [7, 11) is 0. The van der Waals surface area contributed by atoms with E-state index in [0.717, 1.165) is 9.80 Å². The van der Waals surface area contributed by atoms with Crippen LogP contribution in [0.1, 0.15) is 12.0 Å². The zero-order valence-electron chi connectivity index (χ0n) is 16.9. The Morgan fingerprint density at radius 1 is 1.03 bits per heavy atom. The van der Waals surface area contributed by atoms with Gasteiger partial charge in [0, 0.05) is 29.7 Å². The predicted molar refractivity (Wildman–Crippen MR) is 130 cm³/mol. The SMILES string of the molecule is O=C1CC(Sc2cccc(N=Cc3ccc([N+](=O)[O-])cc3)c2)C(=O)N1c1ccc(Cl)c(Cl)c1. The molecule has 1 atom stereocenters. The molecular weight excluding hydrogens is 485 g/mol. The molecule has 10 heteroatoms. The van der Waals surface area contributed by atoms with Crippen LogP contribution in [0.25, 0.3) is 0 Å². The molecule has 1 unspecified atom stereocenters. The molecule has 166 valence electrons. The van der Waals surface area contributed by atoms with Crippen molar-refractivity contribution >= 4 is 70.1 Å². The molecule has 1 aliphatic rings. The minimum absolute atomic E-state index is 0.0104. The average molecular weight is 500 g/mol. The summed E-state index contributed by atoms with van der Waals surface area (Å²) in [5.41, 5.74) is 1.77. The van der Waals surface area contributed by atoms with Crippen LogP contribution >= 0.6 is 35.0 Å². The summed E-state index contributed by atoms with van der Waals surface area (Å²) in [4.78, 5) is 42.1. The van der Waals surface area contributed by atoms with E-state index in [1.807, 2.05) is 18.2 Å². The molecule has 33 heavy (non-hydrogen) atoms. The lowest BCUT2D eigenvalue weighted by atomic mass is 10.2. The highest BCUT2D eigenvalue weighted by Crippen LogP contribution is 2.36. The lowest BCUT2D eigenvalue weighted by Gasteiger charge is -2.15. The number of imide groups is 1. The first-order valence-electron chi connectivity index (χ1n) is 9.69. The minimum atomic E-state index is -0.569. The van der Waals surface area contributed by atoms with E-state index in [2.05, 4.69) is 4.99 Å². The van der Waals surface area contributed by atoms with Gasteiger partial charge in [-0.05, 0) is 54.1 Å². The fourth-order valence-corrected chi connectivity index (χ4v) is 4.62. The quantitative estimate of drug-likeness (QED) is 0.177. The molecular formula is C23H15Cl2N3O4S. The molecule has 0 aliphatic carbocycles. The maximum atomic E-state index is 12.9. The Bertz CT molecular complexity index is 1280. The van der Waals surface area contributed by atoms with Crippen molar-refractivity contribution < 1.29 is 14.5 Å². The van der Waals surface area contributed by atoms with Gasteiger partial charge in [-0.15, -0.1) is 11.8 Å². The van der Waals surface area contributed by atoms with Crippen molar-refractivity contribution in [1.29, 1.82) is 0 Å². The van der Waals surface area contributed by atoms with Crippen molar-refractivity contribution in [3.05, 3.63) is 92.5 Å². The number of hydrogen-bond acceptors (Lipinski definition) is 6. The van der Waals surface area contributed by atoms with Crippen molar-refractivity contribution in [1.82, 2.24) is 0 Å². The number of nitro groups is 1. The van der Waals surface area contributed by atoms with Gasteiger partial charge in [0.1, 0.15) is 0 Å². The highest BCUT2D eigenvalue weighted by Gasteiger charge is 2.40. The molecule has 0 N–H and O–H groups in total. The fraction of sp³-hybridized carbons (Fsp3) is 0.0870. The molecule has 0 aromatic heterocycles. The number of nitro benzene ring substituents is 1. The van der Waals surface area contributed by atoms with E-state index in [9.17, 15) is 19.7 Å². The van der Waals surface area contributed by atoms with Crippen LogP contribution in [0.4, 0.5) is 17.1 Å². The molecule has 0 bridgehead atoms. The van der Waals surface area contributed by atoms with Crippen molar-refractivity contribution in [3.63, 3.8) is 0 Å². The topological polar surface area (TPSA) is 92.9 Å². The molecule has 3 aromatic rings. The van der Waals surface area contributed by atoms with E-state index in [-0.39, 0.29) is 28.9 Å². The Morgan fingerprint density at radius 2 is 1.79 bits per heavy atom. The Labute approximate surface area is 203 Å². The highest BCUT2D eigenvalue weighted by atomic mass is 35.5. The maximum absolute atomic E-state index is 12.9. The van der Waals surface area contributed by atoms with Crippen LogP contribution in [-0.4, -0.2) is 28.2 Å². The number of carbonyl (C=O) groups excluding carboxylic acids is 2. The van der Waals surface area contributed by atoms with E-state index in [1.54, 1.807) is 36.5 Å². The van der Waals surface area contributed by atoms with Gasteiger partial charge in [0.25, 0.3) is 5.69 Å². The smallest absolute Gasteiger partial charge is 0.269 e. The van der Waals surface area contributed by atoms with Crippen molar-refractivity contribution in [2.45, 2.75) is 16.6 Å². The average Bonchev–Trinajstić information content (AvgIpc) is 3.07. The monoisotopic (exact) mass is 499 g/mol. The fourth-order valence-electron chi connectivity index (χ4n) is 3.22. The third-order valence-corrected chi connectivity index (χ3v) is 6.75. The van der Waals surface area contributed by atoms with Crippen molar-refractivity contribution in [2.24, 2.45) is 4.99 Å². The zero-order valence-corrected chi connectivity index (χ0v) is 19.2. The maximum Gasteiger partial charge on any atom is 0.269 e. The number of hydrogen-bond donors (Lipinski definition) is 0. The molecule has 3 aromatic carbocycles. The van der Waals surface area contributed by atoms with E-state index in [1.165, 1.54) is 30.0 Å². The number of rotatable bonds is 6. The van der Waals surface area contributed by atoms with Crippen molar-refractivity contribution in [3.8, 4) is 0 Å². The number of anilines is 1.